The zero-order valence-electron chi connectivity index (χ0n) is 11.8. The van der Waals surface area contributed by atoms with Gasteiger partial charge in [-0.1, -0.05) is 6.07 Å². The smallest absolute Gasteiger partial charge is 0.243 e. The van der Waals surface area contributed by atoms with Crippen LogP contribution in [0, 0.1) is 5.82 Å². The summed E-state index contributed by atoms with van der Waals surface area (Å²) in [7, 11) is 0.0565. The summed E-state index contributed by atoms with van der Waals surface area (Å²) < 4.78 is 39.9. The molecule has 0 radical (unpaired) electrons. The predicted octanol–water partition coefficient (Wildman–Crippen LogP) is 0.938. The van der Waals surface area contributed by atoms with Gasteiger partial charge in [-0.2, -0.15) is 0 Å². The van der Waals surface area contributed by atoms with E-state index >= 15 is 0 Å². The maximum Gasteiger partial charge on any atom is 0.243 e. The van der Waals surface area contributed by atoms with Crippen molar-refractivity contribution >= 4 is 10.0 Å². The molecule has 0 saturated carbocycles. The van der Waals surface area contributed by atoms with Gasteiger partial charge in [-0.3, -0.25) is 0 Å². The topological polar surface area (TPSA) is 69.6 Å². The number of nitrogens with one attached hydrogen (secondary N) is 1. The third kappa shape index (κ3) is 5.16. The molecule has 1 aromatic rings. The summed E-state index contributed by atoms with van der Waals surface area (Å²) in [5.74, 6) is -0.850. The van der Waals surface area contributed by atoms with Crippen LogP contribution in [0.2, 0.25) is 0 Å². The summed E-state index contributed by atoms with van der Waals surface area (Å²) in [5.41, 5.74) is 0.340. The quantitative estimate of drug-likeness (QED) is 0.701. The van der Waals surface area contributed by atoms with Crippen LogP contribution in [0.3, 0.4) is 0 Å². The Hall–Kier alpha value is -1.02. The summed E-state index contributed by atoms with van der Waals surface area (Å²) in [6.07, 6.45) is 1.55. The van der Waals surface area contributed by atoms with E-state index in [0.29, 0.717) is 12.0 Å². The minimum absolute atomic E-state index is 0.275. The second kappa shape index (κ2) is 7.68. The summed E-state index contributed by atoms with van der Waals surface area (Å²) in [4.78, 5) is 1.63. The van der Waals surface area contributed by atoms with Crippen molar-refractivity contribution in [2.75, 3.05) is 27.2 Å². The lowest BCUT2D eigenvalue weighted by Crippen LogP contribution is -2.26. The van der Waals surface area contributed by atoms with E-state index in [2.05, 4.69) is 4.72 Å². The van der Waals surface area contributed by atoms with Gasteiger partial charge in [-0.15, -0.1) is 0 Å². The molecule has 5 nitrogen and oxygen atoms in total. The van der Waals surface area contributed by atoms with E-state index in [1.807, 2.05) is 19.0 Å². The highest BCUT2D eigenvalue weighted by Gasteiger charge is 2.18. The molecule has 0 aliphatic heterocycles. The van der Waals surface area contributed by atoms with E-state index in [1.165, 1.54) is 12.1 Å². The molecule has 0 amide bonds. The summed E-state index contributed by atoms with van der Waals surface area (Å²) >= 11 is 0. The largest absolute Gasteiger partial charge is 0.392 e. The van der Waals surface area contributed by atoms with Gasteiger partial charge in [0, 0.05) is 6.54 Å². The minimum atomic E-state index is -3.84. The van der Waals surface area contributed by atoms with Crippen molar-refractivity contribution < 1.29 is 17.9 Å². The molecule has 1 rings (SSSR count). The number of rotatable bonds is 8. The van der Waals surface area contributed by atoms with Crippen molar-refractivity contribution in [3.05, 3.63) is 29.6 Å². The van der Waals surface area contributed by atoms with Crippen molar-refractivity contribution in [1.29, 1.82) is 0 Å². The monoisotopic (exact) mass is 304 g/mol. The number of benzene rings is 1. The second-order valence-electron chi connectivity index (χ2n) is 4.83. The molecule has 0 aromatic heterocycles. The van der Waals surface area contributed by atoms with E-state index < -0.39 is 15.8 Å². The van der Waals surface area contributed by atoms with E-state index in [1.54, 1.807) is 0 Å². The van der Waals surface area contributed by atoms with Gasteiger partial charge < -0.3 is 10.0 Å². The standard InChI is InChI=1S/C13H21FN2O3S/c1-16(2)8-4-3-7-15-20(18,19)13-6-5-11(10-17)9-12(13)14/h5-6,9,15,17H,3-4,7-8,10H2,1-2H3. The number of hydrogen-bond acceptors (Lipinski definition) is 4. The Kier molecular flexibility index (Phi) is 6.54. The minimum Gasteiger partial charge on any atom is -0.392 e. The number of aliphatic hydroxyl groups excluding tert-OH is 1. The molecule has 1 aromatic carbocycles. The molecule has 114 valence electrons. The van der Waals surface area contributed by atoms with Crippen LogP contribution in [0.15, 0.2) is 23.1 Å². The Morgan fingerprint density at radius 3 is 2.55 bits per heavy atom. The SMILES string of the molecule is CN(C)CCCCNS(=O)(=O)c1ccc(CO)cc1F. The summed E-state index contributed by atoms with van der Waals surface area (Å²) in [6.45, 7) is 0.827. The fourth-order valence-electron chi connectivity index (χ4n) is 1.70. The second-order valence-corrected chi connectivity index (χ2v) is 6.57. The number of halogens is 1. The zero-order valence-corrected chi connectivity index (χ0v) is 12.6. The molecule has 0 atom stereocenters. The summed E-state index contributed by atoms with van der Waals surface area (Å²) in [5, 5.41) is 8.87. The predicted molar refractivity (Wildman–Crippen MR) is 75.3 cm³/mol. The molecule has 0 unspecified atom stereocenters. The molecule has 0 bridgehead atoms. The molecular weight excluding hydrogens is 283 g/mol. The van der Waals surface area contributed by atoms with Gasteiger partial charge in [0.1, 0.15) is 10.7 Å². The van der Waals surface area contributed by atoms with E-state index in [4.69, 9.17) is 5.11 Å². The van der Waals surface area contributed by atoms with E-state index in [9.17, 15) is 12.8 Å². The molecule has 0 spiro atoms. The molecular formula is C13H21FN2O3S. The summed E-state index contributed by atoms with van der Waals surface area (Å²) in [6, 6.07) is 3.59. The first-order chi connectivity index (χ1) is 9.36. The van der Waals surface area contributed by atoms with Gasteiger partial charge in [0.05, 0.1) is 6.61 Å². The van der Waals surface area contributed by atoms with Gasteiger partial charge in [0.2, 0.25) is 10.0 Å². The zero-order chi connectivity index (χ0) is 15.2. The van der Waals surface area contributed by atoms with E-state index in [-0.39, 0.29) is 18.0 Å². The van der Waals surface area contributed by atoms with Crippen LogP contribution in [0.5, 0.6) is 0 Å². The molecule has 0 saturated heterocycles. The van der Waals surface area contributed by atoms with Crippen LogP contribution in [0.1, 0.15) is 18.4 Å². The molecule has 20 heavy (non-hydrogen) atoms. The number of sulfonamides is 1. The van der Waals surface area contributed by atoms with E-state index in [0.717, 1.165) is 19.0 Å². The first-order valence-corrected chi connectivity index (χ1v) is 7.89. The molecule has 0 heterocycles. The molecule has 0 aliphatic carbocycles. The number of nitrogens with zero attached hydrogens (tertiary/aromatic N) is 1. The van der Waals surface area contributed by atoms with Gasteiger partial charge in [-0.25, -0.2) is 17.5 Å². The highest BCUT2D eigenvalue weighted by Crippen LogP contribution is 2.16. The van der Waals surface area contributed by atoms with Crippen LogP contribution >= 0.6 is 0 Å². The van der Waals surface area contributed by atoms with Crippen LogP contribution in [0.25, 0.3) is 0 Å². The third-order valence-corrected chi connectivity index (χ3v) is 4.29. The average Bonchev–Trinajstić information content (AvgIpc) is 2.37. The van der Waals surface area contributed by atoms with Crippen molar-refractivity contribution in [3.8, 4) is 0 Å². The van der Waals surface area contributed by atoms with Crippen LogP contribution in [0.4, 0.5) is 4.39 Å². The van der Waals surface area contributed by atoms with Crippen LogP contribution in [-0.2, 0) is 16.6 Å². The van der Waals surface area contributed by atoms with Gasteiger partial charge in [-0.05, 0) is 51.2 Å². The molecule has 2 N–H and O–H groups in total. The third-order valence-electron chi connectivity index (χ3n) is 2.79. The van der Waals surface area contributed by atoms with Crippen molar-refractivity contribution in [1.82, 2.24) is 9.62 Å². The molecule has 0 fully saturated rings. The lowest BCUT2D eigenvalue weighted by atomic mass is 10.2. The maximum absolute atomic E-state index is 13.7. The normalized spacial score (nSPS) is 12.1. The Morgan fingerprint density at radius 1 is 1.30 bits per heavy atom. The van der Waals surface area contributed by atoms with Gasteiger partial charge >= 0.3 is 0 Å². The highest BCUT2D eigenvalue weighted by molar-refractivity contribution is 7.89. The molecule has 0 aliphatic rings. The van der Waals surface area contributed by atoms with Crippen LogP contribution < -0.4 is 4.72 Å². The van der Waals surface area contributed by atoms with Gasteiger partial charge in [0.15, 0.2) is 0 Å². The number of hydrogen-bond donors (Lipinski definition) is 2. The van der Waals surface area contributed by atoms with Crippen molar-refractivity contribution in [3.63, 3.8) is 0 Å². The fourth-order valence-corrected chi connectivity index (χ4v) is 2.83. The maximum atomic E-state index is 13.7. The number of unbranched alkanes of at least 4 members (excludes halogenated alkanes) is 1. The Bertz CT molecular complexity index is 532. The molecule has 7 heteroatoms. The first kappa shape index (κ1) is 17.0. The Balaban J connectivity index is 2.60. The number of aliphatic hydroxyl groups is 1. The van der Waals surface area contributed by atoms with Crippen molar-refractivity contribution in [2.45, 2.75) is 24.3 Å². The first-order valence-electron chi connectivity index (χ1n) is 6.40. The average molecular weight is 304 g/mol. The lowest BCUT2D eigenvalue weighted by molar-refractivity contribution is 0.281. The Morgan fingerprint density at radius 2 is 2.00 bits per heavy atom. The van der Waals surface area contributed by atoms with Crippen LogP contribution in [-0.4, -0.2) is 45.6 Å². The van der Waals surface area contributed by atoms with Gasteiger partial charge in [0.25, 0.3) is 0 Å². The van der Waals surface area contributed by atoms with Crippen molar-refractivity contribution in [2.24, 2.45) is 0 Å². The Labute approximate surface area is 119 Å². The fraction of sp³-hybridized carbons (Fsp3) is 0.538. The lowest BCUT2D eigenvalue weighted by Gasteiger charge is -2.10. The highest BCUT2D eigenvalue weighted by atomic mass is 32.2.